The van der Waals surface area contributed by atoms with Crippen LogP contribution in [0.5, 0.6) is 0 Å². The summed E-state index contributed by atoms with van der Waals surface area (Å²) in [7, 11) is 0. The van der Waals surface area contributed by atoms with Gasteiger partial charge in [0.15, 0.2) is 0 Å². The number of hydrogen-bond donors (Lipinski definition) is 1. The van der Waals surface area contributed by atoms with Crippen molar-refractivity contribution in [2.45, 2.75) is 32.7 Å². The predicted molar refractivity (Wildman–Crippen MR) is 62.4 cm³/mol. The van der Waals surface area contributed by atoms with Gasteiger partial charge in [0.2, 0.25) is 0 Å². The molecule has 0 aliphatic heterocycles. The number of pyridine rings is 1. The molecule has 1 heterocycles. The van der Waals surface area contributed by atoms with E-state index in [0.717, 1.165) is 18.7 Å². The molecule has 0 spiro atoms. The Bertz CT molecular complexity index is 355. The summed E-state index contributed by atoms with van der Waals surface area (Å²) in [6.45, 7) is 5.11. The van der Waals surface area contributed by atoms with E-state index in [0.29, 0.717) is 6.42 Å². The van der Waals surface area contributed by atoms with Crippen LogP contribution in [-0.2, 0) is 6.42 Å². The lowest BCUT2D eigenvalue weighted by molar-refractivity contribution is -0.385. The van der Waals surface area contributed by atoms with Crippen LogP contribution in [0, 0.1) is 10.1 Å². The summed E-state index contributed by atoms with van der Waals surface area (Å²) in [5, 5.41) is 13.9. The average molecular weight is 223 g/mol. The maximum Gasteiger partial charge on any atom is 0.272 e. The van der Waals surface area contributed by atoms with Gasteiger partial charge in [0.05, 0.1) is 4.92 Å². The van der Waals surface area contributed by atoms with E-state index in [4.69, 9.17) is 0 Å². The lowest BCUT2D eigenvalue weighted by Crippen LogP contribution is -2.28. The van der Waals surface area contributed by atoms with Crippen molar-refractivity contribution in [3.63, 3.8) is 0 Å². The van der Waals surface area contributed by atoms with Gasteiger partial charge in [-0.3, -0.25) is 15.1 Å². The van der Waals surface area contributed by atoms with Crippen LogP contribution < -0.4 is 5.32 Å². The van der Waals surface area contributed by atoms with Gasteiger partial charge in [0, 0.05) is 36.5 Å². The van der Waals surface area contributed by atoms with E-state index >= 15 is 0 Å². The summed E-state index contributed by atoms with van der Waals surface area (Å²) in [5.74, 6) is 0. The first-order chi connectivity index (χ1) is 7.63. The molecule has 1 aromatic heterocycles. The zero-order valence-corrected chi connectivity index (χ0v) is 9.64. The Kier molecular flexibility index (Phi) is 4.85. The molecule has 0 fully saturated rings. The second-order valence-corrected chi connectivity index (χ2v) is 3.82. The normalized spacial score (nSPS) is 12.4. The zero-order chi connectivity index (χ0) is 12.0. The number of rotatable bonds is 6. The fourth-order valence-electron chi connectivity index (χ4n) is 1.47. The second-order valence-electron chi connectivity index (χ2n) is 3.82. The fraction of sp³-hybridized carbons (Fsp3) is 0.545. The molecule has 5 heteroatoms. The van der Waals surface area contributed by atoms with Crippen LogP contribution in [0.4, 0.5) is 5.69 Å². The highest BCUT2D eigenvalue weighted by molar-refractivity contribution is 5.29. The van der Waals surface area contributed by atoms with Crippen LogP contribution in [0.15, 0.2) is 18.3 Å². The molecule has 0 aliphatic carbocycles. The van der Waals surface area contributed by atoms with Crippen molar-refractivity contribution in [2.24, 2.45) is 0 Å². The Balaban J connectivity index is 2.59. The van der Waals surface area contributed by atoms with Crippen molar-refractivity contribution in [2.75, 3.05) is 6.54 Å². The van der Waals surface area contributed by atoms with Crippen molar-refractivity contribution < 1.29 is 4.92 Å². The summed E-state index contributed by atoms with van der Waals surface area (Å²) in [4.78, 5) is 14.3. The summed E-state index contributed by atoms with van der Waals surface area (Å²) in [6.07, 6.45) is 3.27. The average Bonchev–Trinajstić information content (AvgIpc) is 2.26. The second kappa shape index (κ2) is 6.17. The molecular weight excluding hydrogens is 206 g/mol. The number of hydrogen-bond acceptors (Lipinski definition) is 4. The van der Waals surface area contributed by atoms with Gasteiger partial charge >= 0.3 is 0 Å². The van der Waals surface area contributed by atoms with Crippen molar-refractivity contribution >= 4 is 5.69 Å². The fourth-order valence-corrected chi connectivity index (χ4v) is 1.47. The summed E-state index contributed by atoms with van der Waals surface area (Å²) >= 11 is 0. The third-order valence-electron chi connectivity index (χ3n) is 2.27. The third kappa shape index (κ3) is 3.94. The molecule has 1 aromatic rings. The van der Waals surface area contributed by atoms with Crippen LogP contribution in [0.1, 0.15) is 26.0 Å². The molecule has 16 heavy (non-hydrogen) atoms. The molecular formula is C11H17N3O2. The first-order valence-electron chi connectivity index (χ1n) is 5.46. The number of nitrogens with zero attached hydrogens (tertiary/aromatic N) is 2. The quantitative estimate of drug-likeness (QED) is 0.591. The molecule has 0 saturated heterocycles. The molecule has 0 radical (unpaired) electrons. The Morgan fingerprint density at radius 3 is 3.00 bits per heavy atom. The van der Waals surface area contributed by atoms with Gasteiger partial charge in [0.25, 0.3) is 5.69 Å². The molecule has 0 aliphatic rings. The van der Waals surface area contributed by atoms with E-state index in [1.165, 1.54) is 18.3 Å². The van der Waals surface area contributed by atoms with Gasteiger partial charge in [-0.2, -0.15) is 0 Å². The first-order valence-corrected chi connectivity index (χ1v) is 5.46. The monoisotopic (exact) mass is 223 g/mol. The molecule has 0 aromatic carbocycles. The minimum atomic E-state index is -0.394. The molecule has 1 N–H and O–H groups in total. The van der Waals surface area contributed by atoms with Gasteiger partial charge in [-0.1, -0.05) is 6.92 Å². The van der Waals surface area contributed by atoms with Crippen LogP contribution in [0.25, 0.3) is 0 Å². The molecule has 1 unspecified atom stereocenters. The Hall–Kier alpha value is -1.49. The summed E-state index contributed by atoms with van der Waals surface area (Å²) in [5.41, 5.74) is 0.859. The predicted octanol–water partition coefficient (Wildman–Crippen LogP) is 1.92. The van der Waals surface area contributed by atoms with Crippen molar-refractivity contribution in [1.82, 2.24) is 10.3 Å². The highest BCUT2D eigenvalue weighted by Gasteiger charge is 2.09. The molecule has 5 nitrogen and oxygen atoms in total. The SMILES string of the molecule is CCCNC(C)Cc1cc([N+](=O)[O-])ccn1. The number of nitro groups is 1. The highest BCUT2D eigenvalue weighted by Crippen LogP contribution is 2.11. The minimum absolute atomic E-state index is 0.104. The van der Waals surface area contributed by atoms with E-state index in [-0.39, 0.29) is 11.7 Å². The largest absolute Gasteiger partial charge is 0.314 e. The molecule has 0 saturated carbocycles. The Labute approximate surface area is 95.0 Å². The molecule has 1 atom stereocenters. The Morgan fingerprint density at radius 2 is 2.38 bits per heavy atom. The van der Waals surface area contributed by atoms with E-state index in [1.54, 1.807) is 0 Å². The molecule has 1 rings (SSSR count). The lowest BCUT2D eigenvalue weighted by Gasteiger charge is -2.12. The van der Waals surface area contributed by atoms with Gasteiger partial charge in [0.1, 0.15) is 0 Å². The first kappa shape index (κ1) is 12.6. The van der Waals surface area contributed by atoms with Crippen molar-refractivity contribution in [1.29, 1.82) is 0 Å². The van der Waals surface area contributed by atoms with Crippen molar-refractivity contribution in [3.05, 3.63) is 34.1 Å². The third-order valence-corrected chi connectivity index (χ3v) is 2.27. The Morgan fingerprint density at radius 1 is 1.62 bits per heavy atom. The van der Waals surface area contributed by atoms with Gasteiger partial charge in [-0.15, -0.1) is 0 Å². The van der Waals surface area contributed by atoms with Crippen LogP contribution in [-0.4, -0.2) is 22.5 Å². The molecule has 0 amide bonds. The van der Waals surface area contributed by atoms with Crippen molar-refractivity contribution in [3.8, 4) is 0 Å². The van der Waals surface area contributed by atoms with E-state index < -0.39 is 4.92 Å². The maximum atomic E-state index is 10.6. The molecule has 0 bridgehead atoms. The molecule has 88 valence electrons. The summed E-state index contributed by atoms with van der Waals surface area (Å²) < 4.78 is 0. The number of aromatic nitrogens is 1. The lowest BCUT2D eigenvalue weighted by atomic mass is 10.1. The summed E-state index contributed by atoms with van der Waals surface area (Å²) in [6, 6.07) is 3.23. The maximum absolute atomic E-state index is 10.6. The van der Waals surface area contributed by atoms with E-state index in [9.17, 15) is 10.1 Å². The van der Waals surface area contributed by atoms with Gasteiger partial charge in [-0.05, 0) is 19.9 Å². The highest BCUT2D eigenvalue weighted by atomic mass is 16.6. The van der Waals surface area contributed by atoms with Crippen LogP contribution >= 0.6 is 0 Å². The van der Waals surface area contributed by atoms with Gasteiger partial charge < -0.3 is 5.32 Å². The zero-order valence-electron chi connectivity index (χ0n) is 9.64. The van der Waals surface area contributed by atoms with Crippen LogP contribution in [0.3, 0.4) is 0 Å². The smallest absolute Gasteiger partial charge is 0.272 e. The standard InChI is InChI=1S/C11H17N3O2/c1-3-5-12-9(2)7-10-8-11(14(15)16)4-6-13-10/h4,6,8-9,12H,3,5,7H2,1-2H3. The number of nitrogens with one attached hydrogen (secondary N) is 1. The van der Waals surface area contributed by atoms with E-state index in [2.05, 4.69) is 24.1 Å². The van der Waals surface area contributed by atoms with Gasteiger partial charge in [-0.25, -0.2) is 0 Å². The topological polar surface area (TPSA) is 68.1 Å². The minimum Gasteiger partial charge on any atom is -0.314 e. The van der Waals surface area contributed by atoms with E-state index in [1.807, 2.05) is 0 Å². The van der Waals surface area contributed by atoms with Crippen LogP contribution in [0.2, 0.25) is 0 Å².